The third-order valence-corrected chi connectivity index (χ3v) is 6.73. The summed E-state index contributed by atoms with van der Waals surface area (Å²) in [5.41, 5.74) is 0.952. The summed E-state index contributed by atoms with van der Waals surface area (Å²) in [6.07, 6.45) is -0.892. The summed E-state index contributed by atoms with van der Waals surface area (Å²) in [6.45, 7) is -0.305. The van der Waals surface area contributed by atoms with Crippen LogP contribution in [0.3, 0.4) is 0 Å². The van der Waals surface area contributed by atoms with E-state index >= 15 is 0 Å². The summed E-state index contributed by atoms with van der Waals surface area (Å²) >= 11 is 5.13. The predicted octanol–water partition coefficient (Wildman–Crippen LogP) is 5.54. The van der Waals surface area contributed by atoms with Crippen LogP contribution in [0, 0.1) is 13.9 Å². The third kappa shape index (κ3) is 6.83. The molecule has 1 heterocycles. The largest absolute Gasteiger partial charge is 0.519 e. The Hall–Kier alpha value is -3.35. The Bertz CT molecular complexity index is 1160. The van der Waals surface area contributed by atoms with E-state index in [0.29, 0.717) is 0 Å². The first kappa shape index (κ1) is 23.3. The Labute approximate surface area is 194 Å². The first-order chi connectivity index (χ1) is 15.4. The summed E-state index contributed by atoms with van der Waals surface area (Å²) in [4.78, 5) is 39.7. The van der Waals surface area contributed by atoms with E-state index < -0.39 is 17.2 Å². The molecule has 3 rings (SSSR count). The van der Waals surface area contributed by atoms with E-state index in [4.69, 9.17) is 26.4 Å². The average Bonchev–Trinajstić information content (AvgIpc) is 3.20. The number of hydrogen-bond acceptors (Lipinski definition) is 11. The molecule has 0 atom stereocenters. The van der Waals surface area contributed by atoms with Gasteiger partial charge < -0.3 is 19.0 Å². The lowest BCUT2D eigenvalue weighted by atomic mass is 10.2. The number of esters is 1. The van der Waals surface area contributed by atoms with Crippen molar-refractivity contribution in [1.82, 2.24) is 0 Å². The number of carbonyl (C=O) groups excluding carboxylic acids is 2. The molecule has 9 nitrogen and oxygen atoms in total. The van der Waals surface area contributed by atoms with Crippen LogP contribution in [0.2, 0.25) is 0 Å². The van der Waals surface area contributed by atoms with Crippen molar-refractivity contribution in [2.45, 2.75) is 6.42 Å². The molecule has 0 amide bonds. The van der Waals surface area contributed by atoms with Gasteiger partial charge >= 0.3 is 12.1 Å². The van der Waals surface area contributed by atoms with Gasteiger partial charge in [0.15, 0.2) is 0 Å². The van der Waals surface area contributed by atoms with Crippen LogP contribution in [-0.2, 0) is 9.57 Å². The van der Waals surface area contributed by atoms with Gasteiger partial charge in [0.2, 0.25) is 0 Å². The van der Waals surface area contributed by atoms with E-state index in [1.54, 1.807) is 46.7 Å². The van der Waals surface area contributed by atoms with E-state index in [1.807, 2.05) is 6.07 Å². The van der Waals surface area contributed by atoms with Gasteiger partial charge in [0.05, 0.1) is 13.2 Å². The summed E-state index contributed by atoms with van der Waals surface area (Å²) in [5.74, 6) is -0.529. The van der Waals surface area contributed by atoms with Crippen LogP contribution in [-0.4, -0.2) is 30.4 Å². The number of benzene rings is 2. The average molecular weight is 494 g/mol. The maximum atomic E-state index is 12.2. The molecule has 0 aliphatic heterocycles. The molecule has 166 valence electrons. The molecule has 0 aliphatic rings. The summed E-state index contributed by atoms with van der Waals surface area (Å²) in [6, 6.07) is 14.7. The Kier molecular flexibility index (Phi) is 8.25. The van der Waals surface area contributed by atoms with Gasteiger partial charge in [-0.1, -0.05) is 45.0 Å². The molecule has 0 aliphatic carbocycles. The van der Waals surface area contributed by atoms with E-state index in [0.717, 1.165) is 14.3 Å². The van der Waals surface area contributed by atoms with Crippen molar-refractivity contribution in [3.8, 4) is 21.9 Å². The van der Waals surface area contributed by atoms with Crippen molar-refractivity contribution in [2.24, 2.45) is 0 Å². The van der Waals surface area contributed by atoms with Crippen molar-refractivity contribution in [2.75, 3.05) is 13.2 Å². The van der Waals surface area contributed by atoms with Crippen LogP contribution < -0.4 is 9.47 Å². The van der Waals surface area contributed by atoms with E-state index in [2.05, 4.69) is 4.84 Å². The summed E-state index contributed by atoms with van der Waals surface area (Å²) in [5, 5.41) is 9.16. The smallest absolute Gasteiger partial charge is 0.462 e. The highest BCUT2D eigenvalue weighted by molar-refractivity contribution is 7.80. The van der Waals surface area contributed by atoms with Gasteiger partial charge in [-0.25, -0.2) is 9.59 Å². The maximum absolute atomic E-state index is 12.2. The molecule has 1 aromatic heterocycles. The minimum absolute atomic E-state index is 0.00802. The minimum atomic E-state index is -1.02. The molecule has 0 unspecified atom stereocenters. The summed E-state index contributed by atoms with van der Waals surface area (Å²) in [7, 11) is 3.07. The molecule has 12 heteroatoms. The Balaban J connectivity index is 1.56. The van der Waals surface area contributed by atoms with E-state index in [-0.39, 0.29) is 36.7 Å². The molecule has 0 bridgehead atoms. The second kappa shape index (κ2) is 11.3. The van der Waals surface area contributed by atoms with Crippen molar-refractivity contribution in [3.05, 3.63) is 74.1 Å². The second-order valence-electron chi connectivity index (χ2n) is 6.02. The SMILES string of the molecule is O=C(Oc1ccc(-c2cc(=S)ss2)cc1)Oc1ccccc1C(=O)OCCCO[N+](=O)[O-]. The van der Waals surface area contributed by atoms with Crippen molar-refractivity contribution >= 4 is 45.0 Å². The highest BCUT2D eigenvalue weighted by atomic mass is 32.9. The topological polar surface area (TPSA) is 114 Å². The molecular formula is C20H15NO8S3. The number of rotatable bonds is 9. The Morgan fingerprint density at radius 3 is 2.44 bits per heavy atom. The van der Waals surface area contributed by atoms with Crippen LogP contribution in [0.4, 0.5) is 4.79 Å². The molecule has 0 spiro atoms. The van der Waals surface area contributed by atoms with Gasteiger partial charge in [-0.3, -0.25) is 0 Å². The quantitative estimate of drug-likeness (QED) is 0.0721. The zero-order chi connectivity index (χ0) is 22.9. The molecular weight excluding hydrogens is 478 g/mol. The Morgan fingerprint density at radius 1 is 1.00 bits per heavy atom. The Morgan fingerprint density at radius 2 is 1.75 bits per heavy atom. The van der Waals surface area contributed by atoms with Crippen molar-refractivity contribution in [1.29, 1.82) is 0 Å². The molecule has 2 aromatic carbocycles. The van der Waals surface area contributed by atoms with Gasteiger partial charge in [-0.05, 0) is 48.0 Å². The van der Waals surface area contributed by atoms with Gasteiger partial charge in [-0.15, -0.1) is 10.1 Å². The number of nitrogens with zero attached hydrogens (tertiary/aromatic N) is 1. The van der Waals surface area contributed by atoms with Gasteiger partial charge in [0.25, 0.3) is 5.09 Å². The molecule has 0 saturated heterocycles. The molecule has 3 aromatic rings. The fraction of sp³-hybridized carbons (Fsp3) is 0.150. The van der Waals surface area contributed by atoms with Crippen molar-refractivity contribution < 1.29 is 33.7 Å². The van der Waals surface area contributed by atoms with Gasteiger partial charge in [0, 0.05) is 11.3 Å². The molecule has 0 saturated carbocycles. The number of carbonyl (C=O) groups is 2. The molecule has 0 fully saturated rings. The fourth-order valence-electron chi connectivity index (χ4n) is 2.43. The molecule has 0 N–H and O–H groups in total. The van der Waals surface area contributed by atoms with Crippen LogP contribution >= 0.6 is 32.9 Å². The number of ether oxygens (including phenoxy) is 3. The lowest BCUT2D eigenvalue weighted by Gasteiger charge is -2.10. The zero-order valence-electron chi connectivity index (χ0n) is 16.3. The molecule has 0 radical (unpaired) electrons. The van der Waals surface area contributed by atoms with Crippen molar-refractivity contribution in [3.63, 3.8) is 0 Å². The normalized spacial score (nSPS) is 10.2. The second-order valence-corrected chi connectivity index (χ2v) is 8.93. The maximum Gasteiger partial charge on any atom is 0.519 e. The lowest BCUT2D eigenvalue weighted by Crippen LogP contribution is -2.17. The van der Waals surface area contributed by atoms with Crippen LogP contribution in [0.1, 0.15) is 16.8 Å². The predicted molar refractivity (Wildman–Crippen MR) is 119 cm³/mol. The van der Waals surface area contributed by atoms with Gasteiger partial charge in [0.1, 0.15) is 20.9 Å². The van der Waals surface area contributed by atoms with Crippen LogP contribution in [0.25, 0.3) is 10.4 Å². The fourth-order valence-corrected chi connectivity index (χ4v) is 4.83. The van der Waals surface area contributed by atoms with Crippen LogP contribution in [0.15, 0.2) is 54.6 Å². The standard InChI is InChI=1S/C20H15NO8S3/c22-19(26-10-3-11-27-21(24)25)15-4-1-2-5-16(15)29-20(23)28-14-8-6-13(7-9-14)17-12-18(30)32-31-17/h1-2,4-9,12H,3,10-11H2. The van der Waals surface area contributed by atoms with Gasteiger partial charge in [-0.2, -0.15) is 0 Å². The number of para-hydroxylation sites is 1. The monoisotopic (exact) mass is 493 g/mol. The van der Waals surface area contributed by atoms with E-state index in [9.17, 15) is 19.7 Å². The van der Waals surface area contributed by atoms with Crippen LogP contribution in [0.5, 0.6) is 11.5 Å². The minimum Gasteiger partial charge on any atom is -0.462 e. The number of hydrogen-bond donors (Lipinski definition) is 0. The first-order valence-corrected chi connectivity index (χ1v) is 11.6. The third-order valence-electron chi connectivity index (χ3n) is 3.82. The van der Waals surface area contributed by atoms with E-state index in [1.165, 1.54) is 22.5 Å². The lowest BCUT2D eigenvalue weighted by molar-refractivity contribution is -0.757. The highest BCUT2D eigenvalue weighted by Gasteiger charge is 2.17. The summed E-state index contributed by atoms with van der Waals surface area (Å²) < 4.78 is 16.2. The highest BCUT2D eigenvalue weighted by Crippen LogP contribution is 2.30. The first-order valence-electron chi connectivity index (χ1n) is 9.06. The zero-order valence-corrected chi connectivity index (χ0v) is 18.7. The molecule has 32 heavy (non-hydrogen) atoms.